The summed E-state index contributed by atoms with van der Waals surface area (Å²) in [5.74, 6) is 13.1. The first-order chi connectivity index (χ1) is 19.0. The summed E-state index contributed by atoms with van der Waals surface area (Å²) >= 11 is 0. The molecule has 0 bridgehead atoms. The van der Waals surface area contributed by atoms with E-state index in [0.717, 1.165) is 72.9 Å². The van der Waals surface area contributed by atoms with E-state index in [-0.39, 0.29) is 5.57 Å². The summed E-state index contributed by atoms with van der Waals surface area (Å²) in [4.78, 5) is 10.7. The summed E-state index contributed by atoms with van der Waals surface area (Å²) in [6.45, 7) is 8.54. The minimum absolute atomic E-state index is 0.283. The zero-order valence-corrected chi connectivity index (χ0v) is 23.2. The minimum Gasteiger partial charge on any atom is -0.494 e. The third kappa shape index (κ3) is 10.2. The van der Waals surface area contributed by atoms with Crippen LogP contribution < -0.4 is 4.74 Å². The number of hydrogen-bond donors (Lipinski definition) is 1. The molecule has 0 radical (unpaired) electrons. The molecular formula is C36H38O3. The van der Waals surface area contributed by atoms with Gasteiger partial charge in [0.15, 0.2) is 0 Å². The van der Waals surface area contributed by atoms with Crippen LogP contribution in [0.1, 0.15) is 85.8 Å². The molecule has 0 spiro atoms. The average Bonchev–Trinajstić information content (AvgIpc) is 2.96. The van der Waals surface area contributed by atoms with Crippen LogP contribution in [-0.4, -0.2) is 17.7 Å². The van der Waals surface area contributed by atoms with Gasteiger partial charge in [0.05, 0.1) is 6.61 Å². The van der Waals surface area contributed by atoms with Gasteiger partial charge in [-0.05, 0) is 97.8 Å². The molecule has 0 saturated carbocycles. The van der Waals surface area contributed by atoms with Gasteiger partial charge in [0.1, 0.15) is 5.75 Å². The fraction of sp³-hybridized carbons (Fsp3) is 0.306. The Bertz CT molecular complexity index is 1360. The second kappa shape index (κ2) is 15.9. The van der Waals surface area contributed by atoms with Crippen molar-refractivity contribution in [2.45, 2.75) is 65.2 Å². The Balaban J connectivity index is 1.50. The lowest BCUT2D eigenvalue weighted by molar-refractivity contribution is -0.132. The summed E-state index contributed by atoms with van der Waals surface area (Å²) in [6, 6.07) is 22.6. The zero-order valence-electron chi connectivity index (χ0n) is 23.2. The Morgan fingerprint density at radius 1 is 0.795 bits per heavy atom. The van der Waals surface area contributed by atoms with Crippen molar-refractivity contribution >= 4 is 5.97 Å². The minimum atomic E-state index is -0.903. The smallest absolute Gasteiger partial charge is 0.330 e. The quantitative estimate of drug-likeness (QED) is 0.150. The van der Waals surface area contributed by atoms with Crippen LogP contribution in [0.15, 0.2) is 78.9 Å². The Morgan fingerprint density at radius 3 is 2.08 bits per heavy atom. The van der Waals surface area contributed by atoms with Crippen LogP contribution in [0, 0.1) is 23.7 Å². The molecule has 0 heterocycles. The number of carbonyl (C=O) groups is 1. The number of aryl methyl sites for hydroxylation is 2. The molecule has 0 fully saturated rings. The van der Waals surface area contributed by atoms with Crippen LogP contribution in [0.25, 0.3) is 0 Å². The molecule has 3 rings (SSSR count). The maximum Gasteiger partial charge on any atom is 0.330 e. The Labute approximate surface area is 233 Å². The number of hydrogen-bond acceptors (Lipinski definition) is 2. The van der Waals surface area contributed by atoms with Crippen molar-refractivity contribution in [3.8, 4) is 29.4 Å². The van der Waals surface area contributed by atoms with Crippen molar-refractivity contribution in [3.05, 3.63) is 112 Å². The number of carboxylic acids is 1. The number of rotatable bonds is 12. The highest BCUT2D eigenvalue weighted by Crippen LogP contribution is 2.15. The third-order valence-corrected chi connectivity index (χ3v) is 6.47. The molecule has 0 aliphatic heterocycles. The molecule has 0 aliphatic carbocycles. The van der Waals surface area contributed by atoms with E-state index in [2.05, 4.69) is 80.5 Å². The van der Waals surface area contributed by atoms with Crippen molar-refractivity contribution < 1.29 is 14.6 Å². The molecule has 0 aromatic heterocycles. The van der Waals surface area contributed by atoms with E-state index in [1.54, 1.807) is 0 Å². The first-order valence-electron chi connectivity index (χ1n) is 13.9. The topological polar surface area (TPSA) is 46.5 Å². The van der Waals surface area contributed by atoms with E-state index in [1.807, 2.05) is 30.3 Å². The number of benzene rings is 3. The van der Waals surface area contributed by atoms with Gasteiger partial charge in [0, 0.05) is 27.8 Å². The largest absolute Gasteiger partial charge is 0.494 e. The first kappa shape index (κ1) is 29.3. The van der Waals surface area contributed by atoms with Crippen LogP contribution in [0.5, 0.6) is 5.75 Å². The summed E-state index contributed by atoms with van der Waals surface area (Å²) in [5, 5.41) is 8.83. The predicted molar refractivity (Wildman–Crippen MR) is 160 cm³/mol. The van der Waals surface area contributed by atoms with Gasteiger partial charge in [-0.1, -0.05) is 75.5 Å². The fourth-order valence-electron chi connectivity index (χ4n) is 4.14. The average molecular weight is 519 g/mol. The molecule has 0 aliphatic rings. The van der Waals surface area contributed by atoms with Gasteiger partial charge >= 0.3 is 5.97 Å². The summed E-state index contributed by atoms with van der Waals surface area (Å²) in [7, 11) is 0. The Hall–Kier alpha value is -4.21. The van der Waals surface area contributed by atoms with Gasteiger partial charge < -0.3 is 9.84 Å². The molecule has 3 aromatic rings. The fourth-order valence-corrected chi connectivity index (χ4v) is 4.14. The maximum absolute atomic E-state index is 10.7. The van der Waals surface area contributed by atoms with Gasteiger partial charge in [-0.2, -0.15) is 0 Å². The van der Waals surface area contributed by atoms with Gasteiger partial charge in [0.2, 0.25) is 0 Å². The van der Waals surface area contributed by atoms with Crippen molar-refractivity contribution in [1.29, 1.82) is 0 Å². The predicted octanol–water partition coefficient (Wildman–Crippen LogP) is 7.97. The highest BCUT2D eigenvalue weighted by atomic mass is 16.5. The first-order valence-corrected chi connectivity index (χ1v) is 13.9. The summed E-state index contributed by atoms with van der Waals surface area (Å²) in [6.07, 6.45) is 7.47. The summed E-state index contributed by atoms with van der Waals surface area (Å²) < 4.78 is 5.83. The lowest BCUT2D eigenvalue weighted by Gasteiger charge is -2.06. The number of carboxylic acid groups (broad SMARTS) is 1. The van der Waals surface area contributed by atoms with Crippen LogP contribution in [-0.2, 0) is 17.6 Å². The number of unbranched alkanes of at least 4 members (excludes halogenated alkanes) is 3. The molecule has 3 aromatic carbocycles. The molecule has 0 amide bonds. The highest BCUT2D eigenvalue weighted by Gasteiger charge is 2.03. The molecule has 0 saturated heterocycles. The highest BCUT2D eigenvalue weighted by molar-refractivity contribution is 5.85. The Morgan fingerprint density at radius 2 is 1.41 bits per heavy atom. The molecule has 3 nitrogen and oxygen atoms in total. The second-order valence-corrected chi connectivity index (χ2v) is 9.62. The van der Waals surface area contributed by atoms with Gasteiger partial charge in [0.25, 0.3) is 0 Å². The molecule has 0 unspecified atom stereocenters. The SMILES string of the molecule is C=C(CCCCCCOc1ccc(C#Cc2ccc(C#Cc3ccc(CCC)cc3)c(CC)c2)cc1)C(=O)O. The van der Waals surface area contributed by atoms with E-state index >= 15 is 0 Å². The summed E-state index contributed by atoms with van der Waals surface area (Å²) in [5.41, 5.74) is 6.84. The zero-order chi connectivity index (χ0) is 27.9. The van der Waals surface area contributed by atoms with Crippen LogP contribution >= 0.6 is 0 Å². The standard InChI is InChI=1S/C36H38O3/c1-4-10-29-12-14-30(15-13-29)18-22-34-23-19-32(27-33(34)5-2)17-16-31-20-24-35(25-21-31)39-26-9-7-6-8-11-28(3)36(37)38/h12-15,19-21,23-25,27H,3-11,26H2,1-2H3,(H,37,38). The molecule has 0 atom stereocenters. The van der Waals surface area contributed by atoms with Crippen LogP contribution in [0.4, 0.5) is 0 Å². The van der Waals surface area contributed by atoms with E-state index in [9.17, 15) is 4.79 Å². The van der Waals surface area contributed by atoms with Crippen molar-refractivity contribution in [2.75, 3.05) is 6.61 Å². The monoisotopic (exact) mass is 518 g/mol. The lowest BCUT2D eigenvalue weighted by atomic mass is 10.0. The molecule has 3 heteroatoms. The van der Waals surface area contributed by atoms with E-state index in [0.29, 0.717) is 13.0 Å². The van der Waals surface area contributed by atoms with Gasteiger partial charge in [-0.3, -0.25) is 0 Å². The van der Waals surface area contributed by atoms with Crippen LogP contribution in [0.3, 0.4) is 0 Å². The molecule has 200 valence electrons. The van der Waals surface area contributed by atoms with E-state index < -0.39 is 5.97 Å². The number of aliphatic carboxylic acids is 1. The maximum atomic E-state index is 10.7. The molecule has 1 N–H and O–H groups in total. The van der Waals surface area contributed by atoms with Crippen molar-refractivity contribution in [3.63, 3.8) is 0 Å². The Kier molecular flexibility index (Phi) is 12.0. The lowest BCUT2D eigenvalue weighted by Crippen LogP contribution is -1.99. The second-order valence-electron chi connectivity index (χ2n) is 9.62. The normalized spacial score (nSPS) is 10.1. The van der Waals surface area contributed by atoms with E-state index in [4.69, 9.17) is 9.84 Å². The van der Waals surface area contributed by atoms with E-state index in [1.165, 1.54) is 11.1 Å². The molecular weight excluding hydrogens is 480 g/mol. The number of ether oxygens (including phenoxy) is 1. The van der Waals surface area contributed by atoms with Gasteiger partial charge in [-0.25, -0.2) is 4.79 Å². The third-order valence-electron chi connectivity index (χ3n) is 6.47. The van der Waals surface area contributed by atoms with Crippen LogP contribution in [0.2, 0.25) is 0 Å². The van der Waals surface area contributed by atoms with Crippen molar-refractivity contribution in [1.82, 2.24) is 0 Å². The van der Waals surface area contributed by atoms with Crippen molar-refractivity contribution in [2.24, 2.45) is 0 Å². The molecule has 39 heavy (non-hydrogen) atoms. The van der Waals surface area contributed by atoms with Gasteiger partial charge in [-0.15, -0.1) is 0 Å².